The Balaban J connectivity index is 2.32. The van der Waals surface area contributed by atoms with Gasteiger partial charge in [-0.2, -0.15) is 0 Å². The Kier molecular flexibility index (Phi) is 2.08. The zero-order valence-electron chi connectivity index (χ0n) is 7.81. The Bertz CT molecular complexity index is 305. The molecule has 1 aromatic carbocycles. The number of hydrogen-bond acceptors (Lipinski definition) is 1. The highest BCUT2D eigenvalue weighted by molar-refractivity contribution is 5.35. The monoisotopic (exact) mass is 179 g/mol. The predicted octanol–water partition coefficient (Wildman–Crippen LogP) is 2.36. The number of hydrogen-bond donors (Lipinski definition) is 1. The molecule has 0 aromatic heterocycles. The summed E-state index contributed by atoms with van der Waals surface area (Å²) in [5.41, 5.74) is 0.960. The van der Waals surface area contributed by atoms with Gasteiger partial charge in [0.05, 0.1) is 0 Å². The first-order valence-electron chi connectivity index (χ1n) is 4.68. The van der Waals surface area contributed by atoms with E-state index in [9.17, 15) is 4.39 Å². The average molecular weight is 179 g/mol. The van der Waals surface area contributed by atoms with Crippen molar-refractivity contribution in [2.75, 3.05) is 7.05 Å². The molecule has 0 bridgehead atoms. The lowest BCUT2D eigenvalue weighted by Crippen LogP contribution is -2.10. The zero-order valence-corrected chi connectivity index (χ0v) is 7.81. The zero-order chi connectivity index (χ0) is 9.31. The summed E-state index contributed by atoms with van der Waals surface area (Å²) < 4.78 is 13.8. The molecule has 0 atom stereocenters. The first-order valence-corrected chi connectivity index (χ1v) is 4.68. The summed E-state index contributed by atoms with van der Waals surface area (Å²) in [7, 11) is 1.88. The Labute approximate surface area is 78.0 Å². The maximum absolute atomic E-state index is 13.8. The van der Waals surface area contributed by atoms with Crippen molar-refractivity contribution < 1.29 is 4.39 Å². The summed E-state index contributed by atoms with van der Waals surface area (Å²) in [4.78, 5) is 0. The third-order valence-electron chi connectivity index (χ3n) is 2.56. The minimum atomic E-state index is -1.01. The van der Waals surface area contributed by atoms with Crippen LogP contribution in [0.1, 0.15) is 24.0 Å². The molecule has 1 nitrogen and oxygen atoms in total. The molecule has 0 unspecified atom stereocenters. The smallest absolute Gasteiger partial charge is 0.136 e. The largest absolute Gasteiger partial charge is 0.316 e. The fourth-order valence-corrected chi connectivity index (χ4v) is 1.68. The van der Waals surface area contributed by atoms with Crippen LogP contribution >= 0.6 is 0 Å². The second-order valence-electron chi connectivity index (χ2n) is 3.65. The summed E-state index contributed by atoms with van der Waals surface area (Å²) >= 11 is 0. The van der Waals surface area contributed by atoms with Gasteiger partial charge in [0.25, 0.3) is 0 Å². The van der Waals surface area contributed by atoms with E-state index in [1.807, 2.05) is 31.3 Å². The molecule has 0 aliphatic heterocycles. The van der Waals surface area contributed by atoms with Crippen LogP contribution in [0.3, 0.4) is 0 Å². The van der Waals surface area contributed by atoms with Gasteiger partial charge in [0.2, 0.25) is 0 Å². The molecule has 1 aliphatic rings. The van der Waals surface area contributed by atoms with Crippen LogP contribution in [0.25, 0.3) is 0 Å². The van der Waals surface area contributed by atoms with E-state index < -0.39 is 5.67 Å². The fourth-order valence-electron chi connectivity index (χ4n) is 1.68. The van der Waals surface area contributed by atoms with Gasteiger partial charge >= 0.3 is 0 Å². The number of nitrogens with one attached hydrogen (secondary N) is 1. The molecule has 1 fully saturated rings. The van der Waals surface area contributed by atoms with E-state index in [2.05, 4.69) is 5.32 Å². The van der Waals surface area contributed by atoms with Crippen molar-refractivity contribution in [3.05, 3.63) is 35.4 Å². The molecule has 0 amide bonds. The molecule has 0 spiro atoms. The molecule has 13 heavy (non-hydrogen) atoms. The Morgan fingerprint density at radius 2 is 2.08 bits per heavy atom. The van der Waals surface area contributed by atoms with Crippen molar-refractivity contribution in [2.45, 2.75) is 25.1 Å². The van der Waals surface area contributed by atoms with Crippen LogP contribution in [-0.2, 0) is 12.2 Å². The highest BCUT2D eigenvalue weighted by atomic mass is 19.1. The van der Waals surface area contributed by atoms with Crippen molar-refractivity contribution in [3.8, 4) is 0 Å². The van der Waals surface area contributed by atoms with Crippen LogP contribution in [0.2, 0.25) is 0 Å². The Morgan fingerprint density at radius 1 is 1.38 bits per heavy atom. The number of benzene rings is 1. The van der Waals surface area contributed by atoms with Crippen LogP contribution in [0.5, 0.6) is 0 Å². The van der Waals surface area contributed by atoms with E-state index in [-0.39, 0.29) is 0 Å². The molecule has 1 aromatic rings. The third-order valence-corrected chi connectivity index (χ3v) is 2.56. The molecule has 70 valence electrons. The lowest BCUT2D eigenvalue weighted by atomic mass is 10.0. The molecular weight excluding hydrogens is 165 g/mol. The van der Waals surface area contributed by atoms with Crippen LogP contribution in [0, 0.1) is 0 Å². The predicted molar refractivity (Wildman–Crippen MR) is 51.2 cm³/mol. The minimum absolute atomic E-state index is 0.688. The average Bonchev–Trinajstić information content (AvgIpc) is 2.86. The van der Waals surface area contributed by atoms with Gasteiger partial charge in [0.15, 0.2) is 0 Å². The molecule has 2 rings (SSSR count). The lowest BCUT2D eigenvalue weighted by Gasteiger charge is -2.11. The van der Waals surface area contributed by atoms with Gasteiger partial charge in [-0.3, -0.25) is 0 Å². The van der Waals surface area contributed by atoms with E-state index in [4.69, 9.17) is 0 Å². The highest BCUT2D eigenvalue weighted by Crippen LogP contribution is 2.50. The molecule has 0 heterocycles. The quantitative estimate of drug-likeness (QED) is 0.751. The summed E-state index contributed by atoms with van der Waals surface area (Å²) in [5, 5.41) is 3.06. The first kappa shape index (κ1) is 8.70. The maximum atomic E-state index is 13.8. The SMILES string of the molecule is CNCc1ccccc1C1(F)CC1. The normalized spacial score (nSPS) is 18.6. The Hall–Kier alpha value is -0.890. The van der Waals surface area contributed by atoms with E-state index >= 15 is 0 Å². The summed E-state index contributed by atoms with van der Waals surface area (Å²) in [5.74, 6) is 0. The number of rotatable bonds is 3. The van der Waals surface area contributed by atoms with E-state index in [1.54, 1.807) is 0 Å². The van der Waals surface area contributed by atoms with Crippen LogP contribution in [0.15, 0.2) is 24.3 Å². The van der Waals surface area contributed by atoms with Crippen LogP contribution in [-0.4, -0.2) is 7.05 Å². The number of halogens is 1. The second-order valence-corrected chi connectivity index (χ2v) is 3.65. The topological polar surface area (TPSA) is 12.0 Å². The first-order chi connectivity index (χ1) is 6.26. The Morgan fingerprint density at radius 3 is 2.69 bits per heavy atom. The van der Waals surface area contributed by atoms with Crippen LogP contribution < -0.4 is 5.32 Å². The molecule has 1 saturated carbocycles. The van der Waals surface area contributed by atoms with Gasteiger partial charge in [-0.25, -0.2) is 4.39 Å². The maximum Gasteiger partial charge on any atom is 0.136 e. The lowest BCUT2D eigenvalue weighted by molar-refractivity contribution is 0.315. The fraction of sp³-hybridized carbons (Fsp3) is 0.455. The van der Waals surface area contributed by atoms with E-state index in [0.29, 0.717) is 12.8 Å². The van der Waals surface area contributed by atoms with Gasteiger partial charge in [0, 0.05) is 6.54 Å². The highest BCUT2D eigenvalue weighted by Gasteiger charge is 2.45. The second kappa shape index (κ2) is 3.11. The summed E-state index contributed by atoms with van der Waals surface area (Å²) in [6.07, 6.45) is 1.38. The van der Waals surface area contributed by atoms with Crippen molar-refractivity contribution >= 4 is 0 Å². The van der Waals surface area contributed by atoms with E-state index in [0.717, 1.165) is 17.7 Å². The molecule has 1 N–H and O–H groups in total. The third kappa shape index (κ3) is 1.59. The van der Waals surface area contributed by atoms with Crippen molar-refractivity contribution in [1.29, 1.82) is 0 Å². The van der Waals surface area contributed by atoms with Gasteiger partial charge in [-0.05, 0) is 31.0 Å². The molecular formula is C11H14FN. The van der Waals surface area contributed by atoms with Crippen LogP contribution in [0.4, 0.5) is 4.39 Å². The molecule has 1 aliphatic carbocycles. The molecule has 0 saturated heterocycles. The standard InChI is InChI=1S/C11H14FN/c1-13-8-9-4-2-3-5-10(9)11(12)6-7-11/h2-5,13H,6-8H2,1H3. The number of alkyl halides is 1. The minimum Gasteiger partial charge on any atom is -0.316 e. The molecule has 0 radical (unpaired) electrons. The summed E-state index contributed by atoms with van der Waals surface area (Å²) in [6.45, 7) is 0.752. The molecule has 2 heteroatoms. The van der Waals surface area contributed by atoms with Crippen molar-refractivity contribution in [1.82, 2.24) is 5.32 Å². The van der Waals surface area contributed by atoms with Crippen molar-refractivity contribution in [3.63, 3.8) is 0 Å². The summed E-state index contributed by atoms with van der Waals surface area (Å²) in [6, 6.07) is 7.77. The van der Waals surface area contributed by atoms with Gasteiger partial charge in [-0.15, -0.1) is 0 Å². The van der Waals surface area contributed by atoms with Gasteiger partial charge in [-0.1, -0.05) is 24.3 Å². The van der Waals surface area contributed by atoms with Gasteiger partial charge < -0.3 is 5.32 Å². The van der Waals surface area contributed by atoms with Crippen molar-refractivity contribution in [2.24, 2.45) is 0 Å². The van der Waals surface area contributed by atoms with Gasteiger partial charge in [0.1, 0.15) is 5.67 Å². The van der Waals surface area contributed by atoms with E-state index in [1.165, 1.54) is 0 Å².